The number of hydrogen-bond donors (Lipinski definition) is 2. The van der Waals surface area contributed by atoms with Crippen LogP contribution in [-0.4, -0.2) is 38.3 Å². The number of nitrogens with zero attached hydrogens (tertiary/aromatic N) is 2. The van der Waals surface area contributed by atoms with E-state index in [2.05, 4.69) is 26.7 Å². The third-order valence-electron chi connectivity index (χ3n) is 3.55. The van der Waals surface area contributed by atoms with Crippen molar-refractivity contribution in [3.8, 4) is 5.75 Å². The first-order chi connectivity index (χ1) is 12.1. The van der Waals surface area contributed by atoms with Crippen LogP contribution in [0.25, 0.3) is 0 Å². The predicted molar refractivity (Wildman–Crippen MR) is 102 cm³/mol. The summed E-state index contributed by atoms with van der Waals surface area (Å²) in [5.74, 6) is 1.60. The van der Waals surface area contributed by atoms with Crippen LogP contribution in [0.1, 0.15) is 21.1 Å². The van der Waals surface area contributed by atoms with Crippen LogP contribution < -0.4 is 15.4 Å². The highest BCUT2D eigenvalue weighted by atomic mass is 32.1. The molecule has 0 amide bonds. The Labute approximate surface area is 153 Å². The van der Waals surface area contributed by atoms with Gasteiger partial charge in [0.15, 0.2) is 5.96 Å². The minimum absolute atomic E-state index is 0.546. The van der Waals surface area contributed by atoms with Crippen LogP contribution in [0.2, 0.25) is 0 Å². The molecule has 0 saturated heterocycles. The van der Waals surface area contributed by atoms with Crippen LogP contribution in [0.4, 0.5) is 0 Å². The Balaban J connectivity index is 1.84. The molecule has 2 rings (SSSR count). The Morgan fingerprint density at radius 1 is 1.20 bits per heavy atom. The summed E-state index contributed by atoms with van der Waals surface area (Å²) < 4.78 is 10.6. The van der Waals surface area contributed by atoms with E-state index < -0.39 is 0 Å². The zero-order valence-electron chi connectivity index (χ0n) is 15.3. The van der Waals surface area contributed by atoms with E-state index in [-0.39, 0.29) is 0 Å². The highest BCUT2D eigenvalue weighted by Crippen LogP contribution is 2.16. The normalized spacial score (nSPS) is 11.4. The molecule has 7 heteroatoms. The zero-order valence-corrected chi connectivity index (χ0v) is 16.1. The number of nitrogens with one attached hydrogen (secondary N) is 2. The molecule has 0 unspecified atom stereocenters. The largest absolute Gasteiger partial charge is 0.491 e. The average Bonchev–Trinajstić information content (AvgIpc) is 2.93. The molecule has 0 radical (unpaired) electrons. The van der Waals surface area contributed by atoms with Crippen molar-refractivity contribution in [1.29, 1.82) is 0 Å². The number of rotatable bonds is 8. The van der Waals surface area contributed by atoms with Crippen molar-refractivity contribution in [3.63, 3.8) is 0 Å². The summed E-state index contributed by atoms with van der Waals surface area (Å²) in [4.78, 5) is 9.94. The van der Waals surface area contributed by atoms with Gasteiger partial charge in [-0.05, 0) is 31.5 Å². The van der Waals surface area contributed by atoms with E-state index in [0.717, 1.165) is 34.5 Å². The molecule has 1 aromatic carbocycles. The second-order valence-corrected chi connectivity index (χ2v) is 6.80. The number of ether oxygens (including phenoxy) is 2. The van der Waals surface area contributed by atoms with Crippen LogP contribution in [-0.2, 0) is 17.8 Å². The van der Waals surface area contributed by atoms with Gasteiger partial charge in [0.2, 0.25) is 0 Å². The third-order valence-corrected chi connectivity index (χ3v) is 4.63. The predicted octanol–water partition coefficient (Wildman–Crippen LogP) is 2.65. The minimum Gasteiger partial charge on any atom is -0.491 e. The number of thiazole rings is 1. The molecule has 0 atom stereocenters. The first-order valence-corrected chi connectivity index (χ1v) is 9.02. The molecule has 2 aromatic rings. The van der Waals surface area contributed by atoms with Crippen molar-refractivity contribution in [1.82, 2.24) is 15.6 Å². The second-order valence-electron chi connectivity index (χ2n) is 5.51. The van der Waals surface area contributed by atoms with E-state index in [0.29, 0.717) is 19.8 Å². The van der Waals surface area contributed by atoms with Crippen LogP contribution in [0.15, 0.2) is 29.3 Å². The van der Waals surface area contributed by atoms with E-state index in [9.17, 15) is 0 Å². The molecule has 25 heavy (non-hydrogen) atoms. The first-order valence-electron chi connectivity index (χ1n) is 8.20. The lowest BCUT2D eigenvalue weighted by Gasteiger charge is -2.12. The molecular formula is C18H26N4O2S. The monoisotopic (exact) mass is 362 g/mol. The number of hydrogen-bond acceptors (Lipinski definition) is 5. The van der Waals surface area contributed by atoms with Gasteiger partial charge in [0.25, 0.3) is 0 Å². The minimum atomic E-state index is 0.546. The number of aryl methyl sites for hydroxylation is 2. The molecule has 0 aliphatic carbocycles. The molecule has 6 nitrogen and oxygen atoms in total. The van der Waals surface area contributed by atoms with E-state index in [1.807, 2.05) is 32.0 Å². The summed E-state index contributed by atoms with van der Waals surface area (Å²) in [7, 11) is 3.43. The zero-order chi connectivity index (χ0) is 18.1. The molecule has 1 heterocycles. The Morgan fingerprint density at radius 2 is 2.00 bits per heavy atom. The average molecular weight is 362 g/mol. The summed E-state index contributed by atoms with van der Waals surface area (Å²) >= 11 is 1.71. The van der Waals surface area contributed by atoms with Crippen molar-refractivity contribution < 1.29 is 9.47 Å². The smallest absolute Gasteiger partial charge is 0.191 e. The van der Waals surface area contributed by atoms with Crippen LogP contribution in [0.5, 0.6) is 5.75 Å². The standard InChI is InChI=1S/C18H26N4O2S/c1-13-17(25-14(2)22-13)12-21-18(19-3)20-11-15-6-5-7-16(10-15)24-9-8-23-4/h5-7,10H,8-9,11-12H2,1-4H3,(H2,19,20,21). The summed E-state index contributed by atoms with van der Waals surface area (Å²) in [6.07, 6.45) is 0. The number of guanidine groups is 1. The Kier molecular flexibility index (Phi) is 7.69. The van der Waals surface area contributed by atoms with Gasteiger partial charge in [-0.15, -0.1) is 11.3 Å². The first kappa shape index (κ1) is 19.2. The molecular weight excluding hydrogens is 336 g/mol. The van der Waals surface area contributed by atoms with Gasteiger partial charge in [0.05, 0.1) is 23.9 Å². The van der Waals surface area contributed by atoms with Gasteiger partial charge < -0.3 is 20.1 Å². The maximum Gasteiger partial charge on any atom is 0.191 e. The lowest BCUT2D eigenvalue weighted by atomic mass is 10.2. The number of aromatic nitrogens is 1. The Bertz CT molecular complexity index is 700. The summed E-state index contributed by atoms with van der Waals surface area (Å²) in [6.45, 7) is 6.57. The summed E-state index contributed by atoms with van der Waals surface area (Å²) in [5.41, 5.74) is 2.20. The van der Waals surface area contributed by atoms with Crippen LogP contribution in [0, 0.1) is 13.8 Å². The molecule has 2 N–H and O–H groups in total. The topological polar surface area (TPSA) is 67.8 Å². The molecule has 136 valence electrons. The lowest BCUT2D eigenvalue weighted by Crippen LogP contribution is -2.36. The van der Waals surface area contributed by atoms with Gasteiger partial charge in [-0.1, -0.05) is 12.1 Å². The molecule has 0 aliphatic rings. The van der Waals surface area contributed by atoms with E-state index in [1.54, 1.807) is 25.5 Å². The second kappa shape index (κ2) is 10.0. The quantitative estimate of drug-likeness (QED) is 0.429. The molecule has 0 fully saturated rings. The number of aliphatic imine (C=N–C) groups is 1. The van der Waals surface area contributed by atoms with Gasteiger partial charge in [-0.2, -0.15) is 0 Å². The Hall–Kier alpha value is -2.12. The van der Waals surface area contributed by atoms with Gasteiger partial charge >= 0.3 is 0 Å². The number of benzene rings is 1. The molecule has 0 bridgehead atoms. The maximum absolute atomic E-state index is 5.64. The van der Waals surface area contributed by atoms with Crippen molar-refractivity contribution >= 4 is 17.3 Å². The highest BCUT2D eigenvalue weighted by Gasteiger charge is 2.06. The van der Waals surface area contributed by atoms with Crippen molar-refractivity contribution in [3.05, 3.63) is 45.4 Å². The fraction of sp³-hybridized carbons (Fsp3) is 0.444. The van der Waals surface area contributed by atoms with Crippen molar-refractivity contribution in [2.45, 2.75) is 26.9 Å². The maximum atomic E-state index is 5.64. The molecule has 0 aliphatic heterocycles. The Morgan fingerprint density at radius 3 is 2.68 bits per heavy atom. The molecule has 0 saturated carbocycles. The van der Waals surface area contributed by atoms with E-state index in [4.69, 9.17) is 9.47 Å². The van der Waals surface area contributed by atoms with Crippen LogP contribution >= 0.6 is 11.3 Å². The molecule has 0 spiro atoms. The van der Waals surface area contributed by atoms with Gasteiger partial charge in [0.1, 0.15) is 12.4 Å². The number of methoxy groups -OCH3 is 1. The van der Waals surface area contributed by atoms with Gasteiger partial charge in [-0.3, -0.25) is 4.99 Å². The SMILES string of the molecule is CN=C(NCc1cccc(OCCOC)c1)NCc1sc(C)nc1C. The summed E-state index contributed by atoms with van der Waals surface area (Å²) in [6, 6.07) is 8.01. The van der Waals surface area contributed by atoms with E-state index in [1.165, 1.54) is 4.88 Å². The van der Waals surface area contributed by atoms with Gasteiger partial charge in [-0.25, -0.2) is 4.98 Å². The fourth-order valence-corrected chi connectivity index (χ4v) is 3.17. The fourth-order valence-electron chi connectivity index (χ4n) is 2.30. The molecule has 1 aromatic heterocycles. The lowest BCUT2D eigenvalue weighted by molar-refractivity contribution is 0.146. The van der Waals surface area contributed by atoms with Crippen molar-refractivity contribution in [2.75, 3.05) is 27.4 Å². The van der Waals surface area contributed by atoms with E-state index >= 15 is 0 Å². The van der Waals surface area contributed by atoms with Crippen LogP contribution in [0.3, 0.4) is 0 Å². The van der Waals surface area contributed by atoms with Gasteiger partial charge in [0, 0.05) is 25.6 Å². The highest BCUT2D eigenvalue weighted by molar-refractivity contribution is 7.11. The third kappa shape index (κ3) is 6.36. The van der Waals surface area contributed by atoms with Crippen molar-refractivity contribution in [2.24, 2.45) is 4.99 Å². The summed E-state index contributed by atoms with van der Waals surface area (Å²) in [5, 5.41) is 7.73.